The summed E-state index contributed by atoms with van der Waals surface area (Å²) in [6, 6.07) is 25.4. The molecule has 8 heteroatoms. The maximum absolute atomic E-state index is 15.2. The number of amides is 1. The molecule has 1 N–H and O–H groups in total. The quantitative estimate of drug-likeness (QED) is 0.278. The molecule has 0 aliphatic carbocycles. The number of carbonyl (C=O) groups excluding carboxylic acids is 3. The highest BCUT2D eigenvalue weighted by Gasteiger charge is 2.71. The van der Waals surface area contributed by atoms with Gasteiger partial charge < -0.3 is 24.4 Å². The molecule has 0 unspecified atom stereocenters. The number of Topliss-reactive ketones (excluding diaryl/α,β-unsaturated/α-hetero) is 2. The monoisotopic (exact) mass is 586 g/mol. The summed E-state index contributed by atoms with van der Waals surface area (Å²) in [5.74, 6) is -1.07. The van der Waals surface area contributed by atoms with Gasteiger partial charge in [0.05, 0.1) is 44.4 Å². The number of fused-ring (bicyclic) bond motifs is 6. The number of ketones is 2. The first-order valence-corrected chi connectivity index (χ1v) is 14.3. The summed E-state index contributed by atoms with van der Waals surface area (Å²) in [6.45, 7) is 0. The van der Waals surface area contributed by atoms with Crippen molar-refractivity contribution in [2.24, 2.45) is 5.92 Å². The van der Waals surface area contributed by atoms with Crippen LogP contribution in [0.2, 0.25) is 0 Å². The number of ether oxygens (including phenoxy) is 3. The van der Waals surface area contributed by atoms with Crippen molar-refractivity contribution in [3.63, 3.8) is 0 Å². The second-order valence-electron chi connectivity index (χ2n) is 11.1. The fraction of sp³-hybridized carbons (Fsp3) is 0.194. The number of anilines is 1. The Bertz CT molecular complexity index is 1870. The highest BCUT2D eigenvalue weighted by molar-refractivity contribution is 6.17. The Labute approximate surface area is 254 Å². The van der Waals surface area contributed by atoms with Gasteiger partial charge in [-0.3, -0.25) is 14.4 Å². The van der Waals surface area contributed by atoms with Crippen molar-refractivity contribution >= 4 is 29.2 Å². The Morgan fingerprint density at radius 2 is 1.48 bits per heavy atom. The average Bonchev–Trinajstić information content (AvgIpc) is 3.55. The van der Waals surface area contributed by atoms with Crippen LogP contribution in [0.1, 0.15) is 43.4 Å². The lowest BCUT2D eigenvalue weighted by Crippen LogP contribution is -2.49. The van der Waals surface area contributed by atoms with E-state index in [9.17, 15) is 9.59 Å². The molecule has 1 spiro atoms. The number of nitrogens with one attached hydrogen (secondary N) is 1. The van der Waals surface area contributed by atoms with Crippen molar-refractivity contribution in [3.05, 3.63) is 125 Å². The van der Waals surface area contributed by atoms with Gasteiger partial charge in [-0.15, -0.1) is 0 Å². The molecule has 4 atom stereocenters. The Morgan fingerprint density at radius 1 is 0.773 bits per heavy atom. The largest absolute Gasteiger partial charge is 0.497 e. The number of carbonyl (C=O) groups is 3. The van der Waals surface area contributed by atoms with Crippen molar-refractivity contribution in [1.82, 2.24) is 4.90 Å². The van der Waals surface area contributed by atoms with Gasteiger partial charge >= 0.3 is 0 Å². The maximum atomic E-state index is 15.2. The van der Waals surface area contributed by atoms with Crippen LogP contribution in [-0.4, -0.2) is 49.7 Å². The van der Waals surface area contributed by atoms with E-state index < -0.39 is 29.2 Å². The molecule has 8 nitrogen and oxygen atoms in total. The molecule has 3 heterocycles. The number of para-hydroxylation sites is 2. The molecule has 1 fully saturated rings. The van der Waals surface area contributed by atoms with Crippen LogP contribution in [0.3, 0.4) is 0 Å². The molecule has 3 aliphatic heterocycles. The van der Waals surface area contributed by atoms with E-state index >= 15 is 4.79 Å². The van der Waals surface area contributed by atoms with Gasteiger partial charge in [0.2, 0.25) is 5.91 Å². The minimum absolute atomic E-state index is 0.225. The van der Waals surface area contributed by atoms with Gasteiger partial charge in [0.1, 0.15) is 28.7 Å². The molecule has 1 saturated heterocycles. The molecular formula is C36H30N2O6. The fourth-order valence-electron chi connectivity index (χ4n) is 7.35. The lowest BCUT2D eigenvalue weighted by Gasteiger charge is -2.38. The fourth-order valence-corrected chi connectivity index (χ4v) is 7.35. The van der Waals surface area contributed by atoms with Gasteiger partial charge in [-0.05, 0) is 59.2 Å². The van der Waals surface area contributed by atoms with Crippen molar-refractivity contribution in [2.75, 3.05) is 26.6 Å². The zero-order valence-corrected chi connectivity index (χ0v) is 24.4. The van der Waals surface area contributed by atoms with Gasteiger partial charge in [-0.1, -0.05) is 54.6 Å². The summed E-state index contributed by atoms with van der Waals surface area (Å²) in [7, 11) is 4.51. The van der Waals surface area contributed by atoms with Crippen molar-refractivity contribution in [3.8, 4) is 17.2 Å². The molecule has 44 heavy (non-hydrogen) atoms. The first-order chi connectivity index (χ1) is 21.4. The number of nitrogens with zero attached hydrogens (tertiary/aromatic N) is 1. The number of rotatable bonds is 7. The van der Waals surface area contributed by atoms with Crippen LogP contribution in [0.25, 0.3) is 6.08 Å². The third-order valence-electron chi connectivity index (χ3n) is 9.17. The van der Waals surface area contributed by atoms with Crippen LogP contribution in [-0.2, 0) is 10.2 Å². The average molecular weight is 587 g/mol. The van der Waals surface area contributed by atoms with Crippen LogP contribution in [0.15, 0.2) is 97.2 Å². The Morgan fingerprint density at radius 3 is 2.27 bits per heavy atom. The van der Waals surface area contributed by atoms with E-state index in [1.807, 2.05) is 65.7 Å². The predicted molar refractivity (Wildman–Crippen MR) is 165 cm³/mol. The molecule has 7 rings (SSSR count). The van der Waals surface area contributed by atoms with E-state index in [4.69, 9.17) is 14.2 Å². The van der Waals surface area contributed by atoms with E-state index in [0.717, 1.165) is 11.1 Å². The predicted octanol–water partition coefficient (Wildman–Crippen LogP) is 5.69. The molecule has 0 radical (unpaired) electrons. The van der Waals surface area contributed by atoms with E-state index in [0.29, 0.717) is 34.1 Å². The summed E-state index contributed by atoms with van der Waals surface area (Å²) in [4.78, 5) is 46.7. The summed E-state index contributed by atoms with van der Waals surface area (Å²) in [5.41, 5.74) is 2.14. The van der Waals surface area contributed by atoms with E-state index in [1.165, 1.54) is 21.3 Å². The second-order valence-corrected chi connectivity index (χ2v) is 11.1. The molecule has 0 bridgehead atoms. The minimum atomic E-state index is -1.47. The van der Waals surface area contributed by atoms with Crippen LogP contribution >= 0.6 is 0 Å². The standard InChI is InChI=1S/C36H30N2O6/c1-42-22-16-17-29(44-3)25(20-22)32(39)30-31(33(40)24-12-6-9-15-28(24)43-2)38-19-18-21-10-4-5-11-23(21)34(38)36(30)26-13-7-8-14-27(26)37-35(36)41/h4-20,30-31,34H,1-3H3,(H,37,41)/t30-,31+,34-,36-/m1/s1. The molecule has 1 amide bonds. The number of methoxy groups -OCH3 is 3. The number of hydrogen-bond acceptors (Lipinski definition) is 7. The number of hydrogen-bond donors (Lipinski definition) is 1. The van der Waals surface area contributed by atoms with Crippen molar-refractivity contribution < 1.29 is 28.6 Å². The lowest BCUT2D eigenvalue weighted by atomic mass is 9.62. The Hall–Kier alpha value is -5.37. The van der Waals surface area contributed by atoms with Crippen LogP contribution in [0.5, 0.6) is 17.2 Å². The third-order valence-corrected chi connectivity index (χ3v) is 9.17. The first kappa shape index (κ1) is 27.5. The van der Waals surface area contributed by atoms with E-state index in [2.05, 4.69) is 5.32 Å². The summed E-state index contributed by atoms with van der Waals surface area (Å²) in [5, 5.41) is 3.07. The SMILES string of the molecule is COc1ccc(OC)c(C(=O)[C@H]2[C@@H](C(=O)c3ccccc3OC)N3C=Cc4ccccc4[C@@H]3[C@]23C(=O)Nc2ccccc23)c1. The maximum Gasteiger partial charge on any atom is 0.238 e. The molecule has 0 saturated carbocycles. The van der Waals surface area contributed by atoms with Gasteiger partial charge in [0.25, 0.3) is 0 Å². The molecule has 4 aromatic carbocycles. The zero-order valence-electron chi connectivity index (χ0n) is 24.4. The van der Waals surface area contributed by atoms with Crippen LogP contribution in [0.4, 0.5) is 5.69 Å². The smallest absolute Gasteiger partial charge is 0.238 e. The Balaban J connectivity index is 1.56. The summed E-state index contributed by atoms with van der Waals surface area (Å²) < 4.78 is 16.7. The van der Waals surface area contributed by atoms with Crippen molar-refractivity contribution in [1.29, 1.82) is 0 Å². The van der Waals surface area contributed by atoms with Crippen LogP contribution in [0, 0.1) is 5.92 Å². The Kier molecular flexibility index (Phi) is 6.50. The van der Waals surface area contributed by atoms with E-state index in [1.54, 1.807) is 42.5 Å². The molecule has 3 aliphatic rings. The third kappa shape index (κ3) is 3.73. The highest BCUT2D eigenvalue weighted by Crippen LogP contribution is 2.62. The van der Waals surface area contributed by atoms with Gasteiger partial charge in [-0.2, -0.15) is 0 Å². The summed E-state index contributed by atoms with van der Waals surface area (Å²) in [6.07, 6.45) is 3.77. The molecule has 4 aromatic rings. The number of benzene rings is 4. The second kappa shape index (κ2) is 10.4. The normalized spacial score (nSPS) is 22.6. The zero-order chi connectivity index (χ0) is 30.6. The van der Waals surface area contributed by atoms with Gasteiger partial charge in [0.15, 0.2) is 11.6 Å². The summed E-state index contributed by atoms with van der Waals surface area (Å²) >= 11 is 0. The van der Waals surface area contributed by atoms with E-state index in [-0.39, 0.29) is 17.3 Å². The molecule has 0 aromatic heterocycles. The van der Waals surface area contributed by atoms with Gasteiger partial charge in [-0.25, -0.2) is 0 Å². The molecule has 220 valence electrons. The lowest BCUT2D eigenvalue weighted by molar-refractivity contribution is -0.122. The van der Waals surface area contributed by atoms with Crippen molar-refractivity contribution in [2.45, 2.75) is 17.5 Å². The first-order valence-electron chi connectivity index (χ1n) is 14.3. The van der Waals surface area contributed by atoms with Crippen LogP contribution < -0.4 is 19.5 Å². The topological polar surface area (TPSA) is 94.2 Å². The minimum Gasteiger partial charge on any atom is -0.497 e. The van der Waals surface area contributed by atoms with Gasteiger partial charge in [0, 0.05) is 11.9 Å². The highest BCUT2D eigenvalue weighted by atomic mass is 16.5. The molecular weight excluding hydrogens is 556 g/mol.